The Hall–Kier alpha value is -2.86. The van der Waals surface area contributed by atoms with Gasteiger partial charge in [-0.25, -0.2) is 0 Å². The maximum absolute atomic E-state index is 12.1. The number of hydrogen-bond donors (Lipinski definition) is 2. The Morgan fingerprint density at radius 2 is 1.71 bits per heavy atom. The van der Waals surface area contributed by atoms with Crippen molar-refractivity contribution in [1.82, 2.24) is 10.6 Å². The molecule has 0 spiro atoms. The Kier molecular flexibility index (Phi) is 6.66. The van der Waals surface area contributed by atoms with Crippen LogP contribution >= 0.6 is 15.9 Å². The number of aryl methyl sites for hydroxylation is 1. The molecule has 28 heavy (non-hydrogen) atoms. The maximum atomic E-state index is 12.1. The van der Waals surface area contributed by atoms with Crippen molar-refractivity contribution in [2.45, 2.75) is 19.9 Å². The van der Waals surface area contributed by atoms with Gasteiger partial charge in [-0.15, -0.1) is 0 Å². The number of benzene rings is 2. The lowest BCUT2D eigenvalue weighted by Crippen LogP contribution is -2.30. The Balaban J connectivity index is 1.43. The highest BCUT2D eigenvalue weighted by Gasteiger charge is 2.10. The van der Waals surface area contributed by atoms with E-state index in [4.69, 9.17) is 4.42 Å². The molecule has 2 aromatic carbocycles. The summed E-state index contributed by atoms with van der Waals surface area (Å²) in [6.07, 6.45) is 0.206. The normalized spacial score (nSPS) is 10.5. The fourth-order valence-corrected chi connectivity index (χ4v) is 2.99. The minimum atomic E-state index is -0.170. The topological polar surface area (TPSA) is 71.3 Å². The third-order valence-corrected chi connectivity index (χ3v) is 4.81. The van der Waals surface area contributed by atoms with Crippen LogP contribution in [0.25, 0.3) is 11.3 Å². The SMILES string of the molecule is Cc1ccccc1C(=O)NCCC(=O)NCc1ccc(-c2ccc(Br)cc2)o1. The number of nitrogens with one attached hydrogen (secondary N) is 2. The summed E-state index contributed by atoms with van der Waals surface area (Å²) in [4.78, 5) is 24.1. The number of amides is 2. The van der Waals surface area contributed by atoms with Crippen molar-refractivity contribution in [2.24, 2.45) is 0 Å². The molecule has 0 aliphatic rings. The van der Waals surface area contributed by atoms with Crippen LogP contribution in [0.5, 0.6) is 0 Å². The van der Waals surface area contributed by atoms with Crippen molar-refractivity contribution < 1.29 is 14.0 Å². The number of carbonyl (C=O) groups excluding carboxylic acids is 2. The molecule has 3 aromatic rings. The summed E-state index contributed by atoms with van der Waals surface area (Å²) in [5, 5.41) is 5.58. The second kappa shape index (κ2) is 9.37. The average Bonchev–Trinajstić information content (AvgIpc) is 3.16. The molecule has 0 radical (unpaired) electrons. The number of hydrogen-bond acceptors (Lipinski definition) is 3. The van der Waals surface area contributed by atoms with E-state index in [0.717, 1.165) is 21.4 Å². The lowest BCUT2D eigenvalue weighted by atomic mass is 10.1. The van der Waals surface area contributed by atoms with E-state index in [-0.39, 0.29) is 24.8 Å². The minimum Gasteiger partial charge on any atom is -0.459 e. The fourth-order valence-electron chi connectivity index (χ4n) is 2.73. The third kappa shape index (κ3) is 5.33. The van der Waals surface area contributed by atoms with Gasteiger partial charge in [0.25, 0.3) is 5.91 Å². The first-order valence-electron chi connectivity index (χ1n) is 8.98. The molecule has 0 aliphatic heterocycles. The van der Waals surface area contributed by atoms with Crippen LogP contribution in [0.2, 0.25) is 0 Å². The van der Waals surface area contributed by atoms with Crippen molar-refractivity contribution in [3.8, 4) is 11.3 Å². The maximum Gasteiger partial charge on any atom is 0.251 e. The zero-order chi connectivity index (χ0) is 19.9. The number of carbonyl (C=O) groups is 2. The predicted octanol–water partition coefficient (Wildman–Crippen LogP) is 4.45. The summed E-state index contributed by atoms with van der Waals surface area (Å²) < 4.78 is 6.78. The van der Waals surface area contributed by atoms with Crippen LogP contribution < -0.4 is 10.6 Å². The van der Waals surface area contributed by atoms with Crippen molar-refractivity contribution >= 4 is 27.7 Å². The molecule has 0 aliphatic carbocycles. The van der Waals surface area contributed by atoms with Gasteiger partial charge < -0.3 is 15.1 Å². The third-order valence-electron chi connectivity index (χ3n) is 4.28. The Morgan fingerprint density at radius 3 is 2.46 bits per heavy atom. The first-order chi connectivity index (χ1) is 13.5. The zero-order valence-corrected chi connectivity index (χ0v) is 17.1. The second-order valence-corrected chi connectivity index (χ2v) is 7.29. The highest BCUT2D eigenvalue weighted by atomic mass is 79.9. The molecule has 1 aromatic heterocycles. The molecule has 0 saturated carbocycles. The first kappa shape index (κ1) is 19.9. The molecule has 2 N–H and O–H groups in total. The molecule has 6 heteroatoms. The van der Waals surface area contributed by atoms with Gasteiger partial charge >= 0.3 is 0 Å². The molecule has 144 valence electrons. The molecule has 3 rings (SSSR count). The Labute approximate surface area is 172 Å². The van der Waals surface area contributed by atoms with Gasteiger partial charge in [-0.2, -0.15) is 0 Å². The van der Waals surface area contributed by atoms with Crippen LogP contribution in [0.3, 0.4) is 0 Å². The quantitative estimate of drug-likeness (QED) is 0.569. The summed E-state index contributed by atoms with van der Waals surface area (Å²) in [7, 11) is 0. The van der Waals surface area contributed by atoms with Crippen molar-refractivity contribution in [1.29, 1.82) is 0 Å². The van der Waals surface area contributed by atoms with Gasteiger partial charge in [-0.05, 0) is 42.8 Å². The average molecular weight is 441 g/mol. The van der Waals surface area contributed by atoms with Crippen molar-refractivity contribution in [3.63, 3.8) is 0 Å². The monoisotopic (exact) mass is 440 g/mol. The lowest BCUT2D eigenvalue weighted by Gasteiger charge is -2.07. The van der Waals surface area contributed by atoms with Crippen molar-refractivity contribution in [3.05, 3.63) is 82.0 Å². The van der Waals surface area contributed by atoms with Crippen LogP contribution in [-0.2, 0) is 11.3 Å². The number of halogens is 1. The number of furan rings is 1. The molecular formula is C22H21BrN2O3. The van der Waals surface area contributed by atoms with Crippen LogP contribution in [0, 0.1) is 6.92 Å². The second-order valence-electron chi connectivity index (χ2n) is 6.37. The van der Waals surface area contributed by atoms with E-state index in [2.05, 4.69) is 26.6 Å². The minimum absolute atomic E-state index is 0.147. The Morgan fingerprint density at radius 1 is 0.964 bits per heavy atom. The summed E-state index contributed by atoms with van der Waals surface area (Å²) in [5.74, 6) is 1.11. The van der Waals surface area contributed by atoms with Gasteiger partial charge in [0.05, 0.1) is 6.54 Å². The van der Waals surface area contributed by atoms with Gasteiger partial charge in [-0.1, -0.05) is 46.3 Å². The molecule has 1 heterocycles. The molecular weight excluding hydrogens is 420 g/mol. The van der Waals surface area contributed by atoms with Crippen LogP contribution in [0.4, 0.5) is 0 Å². The molecule has 0 bridgehead atoms. The Bertz CT molecular complexity index is 964. The van der Waals surface area contributed by atoms with E-state index >= 15 is 0 Å². The van der Waals surface area contributed by atoms with E-state index in [0.29, 0.717) is 17.9 Å². The first-order valence-corrected chi connectivity index (χ1v) is 9.77. The van der Waals surface area contributed by atoms with E-state index in [9.17, 15) is 9.59 Å². The summed E-state index contributed by atoms with van der Waals surface area (Å²) in [6.45, 7) is 2.47. The summed E-state index contributed by atoms with van der Waals surface area (Å²) >= 11 is 3.41. The highest BCUT2D eigenvalue weighted by molar-refractivity contribution is 9.10. The van der Waals surface area contributed by atoms with Gasteiger partial charge in [0.2, 0.25) is 5.91 Å². The molecule has 0 unspecified atom stereocenters. The van der Waals surface area contributed by atoms with Gasteiger partial charge in [0.15, 0.2) is 0 Å². The number of rotatable bonds is 7. The van der Waals surface area contributed by atoms with Crippen LogP contribution in [0.15, 0.2) is 69.6 Å². The molecule has 0 fully saturated rings. The summed E-state index contributed by atoms with van der Waals surface area (Å²) in [6, 6.07) is 18.9. The van der Waals surface area contributed by atoms with E-state index in [1.165, 1.54) is 0 Å². The molecule has 2 amide bonds. The van der Waals surface area contributed by atoms with Gasteiger partial charge in [-0.3, -0.25) is 9.59 Å². The smallest absolute Gasteiger partial charge is 0.251 e. The molecule has 0 atom stereocenters. The standard InChI is InChI=1S/C22H21BrN2O3/c1-15-4-2-3-5-19(15)22(27)24-13-12-21(26)25-14-18-10-11-20(28-18)16-6-8-17(23)9-7-16/h2-11H,12-14H2,1H3,(H,24,27)(H,25,26). The van der Waals surface area contributed by atoms with E-state index < -0.39 is 0 Å². The fraction of sp³-hybridized carbons (Fsp3) is 0.182. The van der Waals surface area contributed by atoms with E-state index in [1.807, 2.05) is 61.5 Å². The van der Waals surface area contributed by atoms with Gasteiger partial charge in [0.1, 0.15) is 11.5 Å². The van der Waals surface area contributed by atoms with Gasteiger partial charge in [0, 0.05) is 28.6 Å². The summed E-state index contributed by atoms with van der Waals surface area (Å²) in [5.41, 5.74) is 2.50. The molecule has 0 saturated heterocycles. The van der Waals surface area contributed by atoms with Crippen molar-refractivity contribution in [2.75, 3.05) is 6.54 Å². The lowest BCUT2D eigenvalue weighted by molar-refractivity contribution is -0.121. The predicted molar refractivity (Wildman–Crippen MR) is 112 cm³/mol. The largest absolute Gasteiger partial charge is 0.459 e. The molecule has 5 nitrogen and oxygen atoms in total. The van der Waals surface area contributed by atoms with E-state index in [1.54, 1.807) is 6.07 Å². The van der Waals surface area contributed by atoms with Crippen LogP contribution in [0.1, 0.15) is 28.1 Å². The zero-order valence-electron chi connectivity index (χ0n) is 15.5. The van der Waals surface area contributed by atoms with Crippen LogP contribution in [-0.4, -0.2) is 18.4 Å². The highest BCUT2D eigenvalue weighted by Crippen LogP contribution is 2.23.